The van der Waals surface area contributed by atoms with Crippen LogP contribution in [0.25, 0.3) is 0 Å². The molecule has 1 heteroatoms. The number of fused-ring (bicyclic) bond motifs is 3. The predicted octanol–water partition coefficient (Wildman–Crippen LogP) is 2.83. The average Bonchev–Trinajstić information content (AvgIpc) is 2.04. The summed E-state index contributed by atoms with van der Waals surface area (Å²) in [6, 6.07) is 0. The fourth-order valence-corrected chi connectivity index (χ4v) is 3.65. The zero-order valence-corrected chi connectivity index (χ0v) is 9.30. The first-order chi connectivity index (χ1) is 5.88. The molecule has 0 aliphatic heterocycles. The molecular formula is C12H22O. The minimum absolute atomic E-state index is 0.0741. The van der Waals surface area contributed by atoms with Gasteiger partial charge < -0.3 is 5.11 Å². The molecule has 1 nitrogen and oxygen atoms in total. The Morgan fingerprint density at radius 3 is 2.31 bits per heavy atom. The third-order valence-corrected chi connectivity index (χ3v) is 5.25. The molecule has 3 aliphatic rings. The maximum Gasteiger partial charge on any atom is 0.0627 e. The maximum atomic E-state index is 10.3. The highest BCUT2D eigenvalue weighted by Crippen LogP contribution is 2.61. The Kier molecular flexibility index (Phi) is 1.83. The van der Waals surface area contributed by atoms with E-state index in [2.05, 4.69) is 27.7 Å². The van der Waals surface area contributed by atoms with Gasteiger partial charge in [0.25, 0.3) is 0 Å². The predicted molar refractivity (Wildman–Crippen MR) is 54.4 cm³/mol. The Hall–Kier alpha value is -0.0400. The van der Waals surface area contributed by atoms with E-state index >= 15 is 0 Å². The van der Waals surface area contributed by atoms with Crippen LogP contribution in [0, 0.1) is 22.7 Å². The SMILES string of the molecule is CC1C2CC[C@@](C)(C1O)C(C)(C)C2. The van der Waals surface area contributed by atoms with E-state index in [9.17, 15) is 5.11 Å². The van der Waals surface area contributed by atoms with Gasteiger partial charge in [-0.05, 0) is 41.9 Å². The van der Waals surface area contributed by atoms with Crippen molar-refractivity contribution in [2.24, 2.45) is 22.7 Å². The highest BCUT2D eigenvalue weighted by Gasteiger charge is 2.57. The summed E-state index contributed by atoms with van der Waals surface area (Å²) < 4.78 is 0. The average molecular weight is 182 g/mol. The van der Waals surface area contributed by atoms with Gasteiger partial charge in [-0.2, -0.15) is 0 Å². The number of aliphatic hydroxyl groups excluding tert-OH is 1. The molecule has 0 radical (unpaired) electrons. The Balaban J connectivity index is 2.37. The highest BCUT2D eigenvalue weighted by molar-refractivity contribution is 5.07. The van der Waals surface area contributed by atoms with E-state index in [4.69, 9.17) is 0 Å². The zero-order chi connectivity index (χ0) is 9.85. The van der Waals surface area contributed by atoms with Crippen LogP contribution in [0.5, 0.6) is 0 Å². The first-order valence-corrected chi connectivity index (χ1v) is 5.56. The maximum absolute atomic E-state index is 10.3. The molecular weight excluding hydrogens is 160 g/mol. The lowest BCUT2D eigenvalue weighted by atomic mass is 9.45. The molecule has 0 heterocycles. The van der Waals surface area contributed by atoms with Crippen molar-refractivity contribution >= 4 is 0 Å². The van der Waals surface area contributed by atoms with Crippen molar-refractivity contribution in [2.75, 3.05) is 0 Å². The molecule has 0 aromatic heterocycles. The van der Waals surface area contributed by atoms with Gasteiger partial charge in [-0.25, -0.2) is 0 Å². The van der Waals surface area contributed by atoms with Crippen LogP contribution in [0.3, 0.4) is 0 Å². The Morgan fingerprint density at radius 1 is 1.23 bits per heavy atom. The molecule has 0 spiro atoms. The standard InChI is InChI=1S/C12H22O/c1-8-9-5-6-12(4,10(8)13)11(2,3)7-9/h8-10,13H,5-7H2,1-4H3/t8?,9?,10?,12-/m0/s1. The van der Waals surface area contributed by atoms with Crippen molar-refractivity contribution in [1.82, 2.24) is 0 Å². The molecule has 0 amide bonds. The molecule has 3 fully saturated rings. The van der Waals surface area contributed by atoms with E-state index in [-0.39, 0.29) is 11.5 Å². The largest absolute Gasteiger partial charge is 0.392 e. The van der Waals surface area contributed by atoms with E-state index in [0.717, 1.165) is 5.92 Å². The number of aliphatic hydroxyl groups is 1. The summed E-state index contributed by atoms with van der Waals surface area (Å²) in [5.41, 5.74) is 0.503. The van der Waals surface area contributed by atoms with Gasteiger partial charge in [0, 0.05) is 0 Å². The van der Waals surface area contributed by atoms with E-state index in [1.54, 1.807) is 0 Å². The van der Waals surface area contributed by atoms with E-state index in [0.29, 0.717) is 11.3 Å². The molecule has 3 saturated carbocycles. The molecule has 3 unspecified atom stereocenters. The number of rotatable bonds is 0. The van der Waals surface area contributed by atoms with Crippen molar-refractivity contribution in [1.29, 1.82) is 0 Å². The quantitative estimate of drug-likeness (QED) is 0.611. The molecule has 0 aromatic rings. The van der Waals surface area contributed by atoms with Crippen LogP contribution in [0.4, 0.5) is 0 Å². The smallest absolute Gasteiger partial charge is 0.0627 e. The van der Waals surface area contributed by atoms with Crippen molar-refractivity contribution < 1.29 is 5.11 Å². The summed E-state index contributed by atoms with van der Waals surface area (Å²) in [7, 11) is 0. The zero-order valence-electron chi connectivity index (χ0n) is 9.30. The van der Waals surface area contributed by atoms with Crippen molar-refractivity contribution in [3.8, 4) is 0 Å². The molecule has 76 valence electrons. The van der Waals surface area contributed by atoms with Gasteiger partial charge in [-0.3, -0.25) is 0 Å². The first kappa shape index (κ1) is 9.51. The molecule has 13 heavy (non-hydrogen) atoms. The van der Waals surface area contributed by atoms with Crippen LogP contribution in [-0.2, 0) is 0 Å². The van der Waals surface area contributed by atoms with E-state index in [1.165, 1.54) is 19.3 Å². The Labute approximate surface area is 81.5 Å². The Bertz CT molecular complexity index is 221. The molecule has 0 saturated heterocycles. The lowest BCUT2D eigenvalue weighted by Crippen LogP contribution is -2.58. The van der Waals surface area contributed by atoms with Crippen molar-refractivity contribution in [3.63, 3.8) is 0 Å². The topological polar surface area (TPSA) is 20.2 Å². The van der Waals surface area contributed by atoms with E-state index in [1.807, 2.05) is 0 Å². The number of hydrogen-bond donors (Lipinski definition) is 1. The Morgan fingerprint density at radius 2 is 1.85 bits per heavy atom. The van der Waals surface area contributed by atoms with E-state index < -0.39 is 0 Å². The van der Waals surface area contributed by atoms with Gasteiger partial charge in [-0.1, -0.05) is 27.7 Å². The van der Waals surface area contributed by atoms with Gasteiger partial charge >= 0.3 is 0 Å². The minimum Gasteiger partial charge on any atom is -0.392 e. The lowest BCUT2D eigenvalue weighted by molar-refractivity contribution is -0.177. The van der Waals surface area contributed by atoms with Crippen LogP contribution in [0.2, 0.25) is 0 Å². The molecule has 3 aliphatic carbocycles. The van der Waals surface area contributed by atoms with Crippen LogP contribution in [-0.4, -0.2) is 11.2 Å². The second-order valence-electron chi connectivity index (χ2n) is 6.11. The number of hydrogen-bond acceptors (Lipinski definition) is 1. The third kappa shape index (κ3) is 1.03. The highest BCUT2D eigenvalue weighted by atomic mass is 16.3. The monoisotopic (exact) mass is 182 g/mol. The van der Waals surface area contributed by atoms with Crippen LogP contribution in [0.15, 0.2) is 0 Å². The van der Waals surface area contributed by atoms with Gasteiger partial charge in [0.05, 0.1) is 6.10 Å². The minimum atomic E-state index is -0.0741. The van der Waals surface area contributed by atoms with Crippen LogP contribution in [0.1, 0.15) is 47.0 Å². The van der Waals surface area contributed by atoms with Gasteiger partial charge in [-0.15, -0.1) is 0 Å². The van der Waals surface area contributed by atoms with Crippen LogP contribution < -0.4 is 0 Å². The summed E-state index contributed by atoms with van der Waals surface area (Å²) >= 11 is 0. The van der Waals surface area contributed by atoms with Crippen LogP contribution >= 0.6 is 0 Å². The molecule has 4 atom stereocenters. The normalized spacial score (nSPS) is 53.8. The third-order valence-electron chi connectivity index (χ3n) is 5.25. The fraction of sp³-hybridized carbons (Fsp3) is 1.00. The van der Waals surface area contributed by atoms with Gasteiger partial charge in [0.1, 0.15) is 0 Å². The van der Waals surface area contributed by atoms with Crippen molar-refractivity contribution in [3.05, 3.63) is 0 Å². The molecule has 1 N–H and O–H groups in total. The molecule has 3 rings (SSSR count). The summed E-state index contributed by atoms with van der Waals surface area (Å²) in [6.07, 6.45) is 3.78. The lowest BCUT2D eigenvalue weighted by Gasteiger charge is -2.61. The first-order valence-electron chi connectivity index (χ1n) is 5.56. The van der Waals surface area contributed by atoms with Gasteiger partial charge in [0.2, 0.25) is 0 Å². The molecule has 0 aromatic carbocycles. The van der Waals surface area contributed by atoms with Gasteiger partial charge in [0.15, 0.2) is 0 Å². The summed E-state index contributed by atoms with van der Waals surface area (Å²) in [5.74, 6) is 1.29. The van der Waals surface area contributed by atoms with Crippen molar-refractivity contribution in [2.45, 2.75) is 53.1 Å². The molecule has 2 bridgehead atoms. The summed E-state index contributed by atoms with van der Waals surface area (Å²) in [6.45, 7) is 9.16. The summed E-state index contributed by atoms with van der Waals surface area (Å²) in [5, 5.41) is 10.3. The summed E-state index contributed by atoms with van der Waals surface area (Å²) in [4.78, 5) is 0. The second kappa shape index (κ2) is 2.50. The fourth-order valence-electron chi connectivity index (χ4n) is 3.65. The second-order valence-corrected chi connectivity index (χ2v) is 6.11.